The Balaban J connectivity index is 1.76. The summed E-state index contributed by atoms with van der Waals surface area (Å²) in [5.74, 6) is 0.977. The molecule has 2 fully saturated rings. The first-order valence-corrected chi connectivity index (χ1v) is 7.53. The normalized spacial score (nSPS) is 31.6. The molecule has 1 aliphatic heterocycles. The minimum Gasteiger partial charge on any atom is -0.303 e. The number of fused-ring (bicyclic) bond motifs is 1. The van der Waals surface area contributed by atoms with E-state index in [0.29, 0.717) is 0 Å². The van der Waals surface area contributed by atoms with Crippen molar-refractivity contribution in [3.05, 3.63) is 0 Å². The molecule has 1 heterocycles. The van der Waals surface area contributed by atoms with E-state index in [2.05, 4.69) is 16.3 Å². The summed E-state index contributed by atoms with van der Waals surface area (Å²) in [6, 6.07) is 3.24. The van der Waals surface area contributed by atoms with E-state index >= 15 is 0 Å². The van der Waals surface area contributed by atoms with Crippen LogP contribution in [-0.4, -0.2) is 36.6 Å². The highest BCUT2D eigenvalue weighted by Gasteiger charge is 2.35. The molecule has 18 heavy (non-hydrogen) atoms. The lowest BCUT2D eigenvalue weighted by atomic mass is 9.85. The van der Waals surface area contributed by atoms with Gasteiger partial charge in [0.05, 0.1) is 6.07 Å². The van der Waals surface area contributed by atoms with Gasteiger partial charge in [-0.3, -0.25) is 0 Å². The van der Waals surface area contributed by atoms with Crippen LogP contribution in [0.15, 0.2) is 0 Å². The topological polar surface area (TPSA) is 39.1 Å². The van der Waals surface area contributed by atoms with Gasteiger partial charge >= 0.3 is 0 Å². The van der Waals surface area contributed by atoms with Crippen molar-refractivity contribution in [3.63, 3.8) is 0 Å². The zero-order valence-electron chi connectivity index (χ0n) is 11.9. The molecule has 3 nitrogen and oxygen atoms in total. The van der Waals surface area contributed by atoms with Crippen LogP contribution in [0.2, 0.25) is 0 Å². The van der Waals surface area contributed by atoms with E-state index in [1.54, 1.807) is 0 Å². The van der Waals surface area contributed by atoms with Gasteiger partial charge in [0.1, 0.15) is 5.54 Å². The first-order chi connectivity index (χ1) is 8.68. The maximum atomic E-state index is 9.14. The number of nitrogens with zero attached hydrogens (tertiary/aromatic N) is 2. The fourth-order valence-electron chi connectivity index (χ4n) is 3.65. The summed E-state index contributed by atoms with van der Waals surface area (Å²) < 4.78 is 0. The third-order valence-electron chi connectivity index (χ3n) is 5.05. The summed E-state index contributed by atoms with van der Waals surface area (Å²) >= 11 is 0. The zero-order chi connectivity index (χ0) is 13.0. The lowest BCUT2D eigenvalue weighted by Gasteiger charge is -2.32. The highest BCUT2D eigenvalue weighted by atomic mass is 15.2. The minimum absolute atomic E-state index is 0.342. The number of hydrogen-bond donors (Lipinski definition) is 1. The SMILES string of the molecule is CNC(C)(C#N)CCCN1CCC2CCCCC21. The highest BCUT2D eigenvalue weighted by molar-refractivity contribution is 5.02. The average Bonchev–Trinajstić information content (AvgIpc) is 2.82. The summed E-state index contributed by atoms with van der Waals surface area (Å²) in [4.78, 5) is 2.69. The summed E-state index contributed by atoms with van der Waals surface area (Å²) in [6.07, 6.45) is 9.22. The van der Waals surface area contributed by atoms with Crippen molar-refractivity contribution in [3.8, 4) is 6.07 Å². The molecule has 0 spiro atoms. The van der Waals surface area contributed by atoms with Crippen LogP contribution < -0.4 is 5.32 Å². The van der Waals surface area contributed by atoms with Gasteiger partial charge in [-0.1, -0.05) is 12.8 Å². The Labute approximate surface area is 112 Å². The maximum absolute atomic E-state index is 9.14. The summed E-state index contributed by atoms with van der Waals surface area (Å²) in [5.41, 5.74) is -0.342. The Morgan fingerprint density at radius 1 is 1.33 bits per heavy atom. The number of rotatable bonds is 5. The van der Waals surface area contributed by atoms with Crippen LogP contribution in [0, 0.1) is 17.2 Å². The predicted octanol–water partition coefficient (Wildman–Crippen LogP) is 2.53. The van der Waals surface area contributed by atoms with E-state index in [0.717, 1.165) is 24.8 Å². The predicted molar refractivity (Wildman–Crippen MR) is 74.2 cm³/mol. The molecule has 1 saturated heterocycles. The molecule has 1 saturated carbocycles. The molecule has 2 rings (SSSR count). The summed E-state index contributed by atoms with van der Waals surface area (Å²) in [5, 5.41) is 12.3. The second-order valence-electron chi connectivity index (χ2n) is 6.23. The number of hydrogen-bond acceptors (Lipinski definition) is 3. The van der Waals surface area contributed by atoms with Crippen molar-refractivity contribution in [1.29, 1.82) is 5.26 Å². The smallest absolute Gasteiger partial charge is 0.103 e. The molecule has 0 aromatic carbocycles. The summed E-state index contributed by atoms with van der Waals surface area (Å²) in [7, 11) is 1.89. The Bertz CT molecular complexity index is 309. The fourth-order valence-corrected chi connectivity index (χ4v) is 3.65. The molecule has 3 atom stereocenters. The Morgan fingerprint density at radius 3 is 2.83 bits per heavy atom. The van der Waals surface area contributed by atoms with E-state index in [1.165, 1.54) is 45.2 Å². The van der Waals surface area contributed by atoms with Crippen LogP contribution in [0.25, 0.3) is 0 Å². The van der Waals surface area contributed by atoms with Crippen molar-refractivity contribution in [2.24, 2.45) is 5.92 Å². The molecular weight excluding hydrogens is 222 g/mol. The van der Waals surface area contributed by atoms with E-state index in [1.807, 2.05) is 14.0 Å². The molecule has 0 aromatic rings. The lowest BCUT2D eigenvalue weighted by Crippen LogP contribution is -2.40. The number of likely N-dealkylation sites (tertiary alicyclic amines) is 1. The molecule has 0 radical (unpaired) electrons. The van der Waals surface area contributed by atoms with Crippen LogP contribution >= 0.6 is 0 Å². The lowest BCUT2D eigenvalue weighted by molar-refractivity contribution is 0.177. The van der Waals surface area contributed by atoms with Crippen LogP contribution in [-0.2, 0) is 0 Å². The molecular formula is C15H27N3. The van der Waals surface area contributed by atoms with Crippen molar-refractivity contribution in [1.82, 2.24) is 10.2 Å². The molecule has 0 amide bonds. The molecule has 0 bridgehead atoms. The van der Waals surface area contributed by atoms with Gasteiger partial charge < -0.3 is 10.2 Å². The van der Waals surface area contributed by atoms with Gasteiger partial charge in [0.15, 0.2) is 0 Å². The summed E-state index contributed by atoms with van der Waals surface area (Å²) in [6.45, 7) is 4.47. The van der Waals surface area contributed by atoms with Gasteiger partial charge in [0, 0.05) is 6.04 Å². The van der Waals surface area contributed by atoms with Gasteiger partial charge in [-0.2, -0.15) is 5.26 Å². The third-order valence-corrected chi connectivity index (χ3v) is 5.05. The third kappa shape index (κ3) is 3.05. The molecule has 3 unspecified atom stereocenters. The minimum atomic E-state index is -0.342. The van der Waals surface area contributed by atoms with E-state index in [4.69, 9.17) is 5.26 Å². The second kappa shape index (κ2) is 6.04. The molecule has 1 N–H and O–H groups in total. The van der Waals surface area contributed by atoms with Gasteiger partial charge in [0.2, 0.25) is 0 Å². The standard InChI is InChI=1S/C15H27N3/c1-15(12-16,17-2)9-5-10-18-11-8-13-6-3-4-7-14(13)18/h13-14,17H,3-11H2,1-2H3. The zero-order valence-corrected chi connectivity index (χ0v) is 11.9. The number of nitriles is 1. The fraction of sp³-hybridized carbons (Fsp3) is 0.933. The monoisotopic (exact) mass is 249 g/mol. The van der Waals surface area contributed by atoms with E-state index < -0.39 is 0 Å². The second-order valence-corrected chi connectivity index (χ2v) is 6.23. The molecule has 102 valence electrons. The van der Waals surface area contributed by atoms with E-state index in [-0.39, 0.29) is 5.54 Å². The van der Waals surface area contributed by atoms with Crippen LogP contribution in [0.3, 0.4) is 0 Å². The largest absolute Gasteiger partial charge is 0.303 e. The van der Waals surface area contributed by atoms with Crippen LogP contribution in [0.4, 0.5) is 0 Å². The Kier molecular flexibility index (Phi) is 4.64. The van der Waals surface area contributed by atoms with Gasteiger partial charge in [-0.15, -0.1) is 0 Å². The maximum Gasteiger partial charge on any atom is 0.103 e. The van der Waals surface area contributed by atoms with Crippen molar-refractivity contribution in [2.75, 3.05) is 20.1 Å². The van der Waals surface area contributed by atoms with Crippen molar-refractivity contribution in [2.45, 2.75) is 63.5 Å². The van der Waals surface area contributed by atoms with Crippen LogP contribution in [0.5, 0.6) is 0 Å². The van der Waals surface area contributed by atoms with Crippen molar-refractivity contribution >= 4 is 0 Å². The quantitative estimate of drug-likeness (QED) is 0.814. The molecule has 2 aliphatic rings. The molecule has 3 heteroatoms. The van der Waals surface area contributed by atoms with E-state index in [9.17, 15) is 0 Å². The van der Waals surface area contributed by atoms with Gasteiger partial charge in [-0.25, -0.2) is 0 Å². The molecule has 1 aliphatic carbocycles. The highest BCUT2D eigenvalue weighted by Crippen LogP contribution is 2.36. The Hall–Kier alpha value is -0.590. The molecule has 0 aromatic heterocycles. The van der Waals surface area contributed by atoms with Crippen molar-refractivity contribution < 1.29 is 0 Å². The first kappa shape index (κ1) is 13.8. The van der Waals surface area contributed by atoms with Crippen LogP contribution in [0.1, 0.15) is 51.9 Å². The Morgan fingerprint density at radius 2 is 2.11 bits per heavy atom. The van der Waals surface area contributed by atoms with Gasteiger partial charge in [0.25, 0.3) is 0 Å². The first-order valence-electron chi connectivity index (χ1n) is 7.53. The van der Waals surface area contributed by atoms with Gasteiger partial charge in [-0.05, 0) is 65.1 Å². The number of nitrogens with one attached hydrogen (secondary N) is 1. The average molecular weight is 249 g/mol.